The van der Waals surface area contributed by atoms with E-state index in [0.29, 0.717) is 17.5 Å². The Hall–Kier alpha value is -7.11. The lowest BCUT2D eigenvalue weighted by molar-refractivity contribution is 0.577. The maximum atomic E-state index is 5.05. The third kappa shape index (κ3) is 5.54. The van der Waals surface area contributed by atoms with Crippen molar-refractivity contribution in [3.8, 4) is 45.3 Å². The van der Waals surface area contributed by atoms with E-state index in [4.69, 9.17) is 15.0 Å². The molecule has 2 heterocycles. The van der Waals surface area contributed by atoms with Crippen molar-refractivity contribution in [2.75, 3.05) is 10.2 Å². The first-order chi connectivity index (χ1) is 26.6. The minimum absolute atomic E-state index is 0.461. The fraction of sp³-hybridized carbons (Fsp3) is 0.0408. The summed E-state index contributed by atoms with van der Waals surface area (Å²) in [6.45, 7) is 2.25. The normalized spacial score (nSPS) is 14.9. The molecule has 256 valence electrons. The molecule has 0 saturated carbocycles. The molecule has 1 atom stereocenters. The molecule has 1 aliphatic rings. The van der Waals surface area contributed by atoms with Crippen LogP contribution in [0.4, 0.5) is 17.1 Å². The number of anilines is 3. The number of rotatable bonds is 6. The summed E-state index contributed by atoms with van der Waals surface area (Å²) < 4.78 is 0. The Bertz CT molecular complexity index is 2720. The van der Waals surface area contributed by atoms with Crippen LogP contribution in [0, 0.1) is 0 Å². The summed E-state index contributed by atoms with van der Waals surface area (Å²) in [6.07, 6.45) is 0. The Kier molecular flexibility index (Phi) is 7.51. The first kappa shape index (κ1) is 31.6. The second-order valence-electron chi connectivity index (χ2n) is 14.0. The molecular weight excluding hydrogens is 659 g/mol. The van der Waals surface area contributed by atoms with Crippen LogP contribution in [0.5, 0.6) is 0 Å². The lowest BCUT2D eigenvalue weighted by Crippen LogP contribution is -2.42. The van der Waals surface area contributed by atoms with Gasteiger partial charge < -0.3 is 10.2 Å². The standard InChI is InChI=1S/C49H35N5/c1-49(53-44-17-9-10-18-45(44)54(49)43-15-3-2-4-16-43)42-29-27-36(28-30-42)35-19-23-37(24-20-35)46-50-47(40-25-21-33-11-5-7-13-38(33)31-40)52-48(51-46)41-26-22-34-12-6-8-14-39(34)32-41/h2-32,53H,1H3. The Morgan fingerprint density at radius 1 is 0.407 bits per heavy atom. The van der Waals surface area contributed by atoms with Gasteiger partial charge in [0.25, 0.3) is 0 Å². The molecule has 0 spiro atoms. The third-order valence-electron chi connectivity index (χ3n) is 10.6. The molecule has 1 aromatic heterocycles. The molecule has 54 heavy (non-hydrogen) atoms. The summed E-state index contributed by atoms with van der Waals surface area (Å²) in [6, 6.07) is 66.0. The van der Waals surface area contributed by atoms with E-state index < -0.39 is 5.66 Å². The number of nitrogens with zero attached hydrogens (tertiary/aromatic N) is 4. The van der Waals surface area contributed by atoms with E-state index in [1.807, 2.05) is 0 Å². The Labute approximate surface area is 314 Å². The quantitative estimate of drug-likeness (QED) is 0.188. The van der Waals surface area contributed by atoms with Gasteiger partial charge in [-0.25, -0.2) is 15.0 Å². The van der Waals surface area contributed by atoms with Crippen molar-refractivity contribution in [1.29, 1.82) is 0 Å². The summed E-state index contributed by atoms with van der Waals surface area (Å²) >= 11 is 0. The third-order valence-corrected chi connectivity index (χ3v) is 10.6. The summed E-state index contributed by atoms with van der Waals surface area (Å²) in [5.74, 6) is 1.93. The van der Waals surface area contributed by atoms with Crippen LogP contribution in [0.3, 0.4) is 0 Å². The molecule has 1 N–H and O–H groups in total. The number of para-hydroxylation sites is 3. The number of benzene rings is 8. The molecule has 0 saturated heterocycles. The zero-order valence-electron chi connectivity index (χ0n) is 29.7. The first-order valence-electron chi connectivity index (χ1n) is 18.3. The highest BCUT2D eigenvalue weighted by molar-refractivity contribution is 5.89. The van der Waals surface area contributed by atoms with Crippen molar-refractivity contribution < 1.29 is 0 Å². The van der Waals surface area contributed by atoms with Crippen molar-refractivity contribution in [2.45, 2.75) is 12.6 Å². The van der Waals surface area contributed by atoms with E-state index in [0.717, 1.165) is 55.7 Å². The fourth-order valence-corrected chi connectivity index (χ4v) is 7.73. The Morgan fingerprint density at radius 3 is 1.44 bits per heavy atom. The molecule has 0 aliphatic carbocycles. The molecule has 9 aromatic rings. The first-order valence-corrected chi connectivity index (χ1v) is 18.3. The van der Waals surface area contributed by atoms with Crippen LogP contribution in [0.15, 0.2) is 188 Å². The van der Waals surface area contributed by atoms with Crippen molar-refractivity contribution in [1.82, 2.24) is 15.0 Å². The zero-order valence-corrected chi connectivity index (χ0v) is 29.7. The van der Waals surface area contributed by atoms with Gasteiger partial charge in [-0.15, -0.1) is 0 Å². The zero-order chi connectivity index (χ0) is 36.1. The largest absolute Gasteiger partial charge is 0.357 e. The minimum atomic E-state index is -0.461. The van der Waals surface area contributed by atoms with Crippen LogP contribution >= 0.6 is 0 Å². The number of aromatic nitrogens is 3. The second-order valence-corrected chi connectivity index (χ2v) is 14.0. The van der Waals surface area contributed by atoms with E-state index in [1.165, 1.54) is 16.3 Å². The van der Waals surface area contributed by atoms with E-state index in [2.05, 4.69) is 205 Å². The lowest BCUT2D eigenvalue weighted by Gasteiger charge is -2.37. The number of hydrogen-bond acceptors (Lipinski definition) is 5. The molecule has 0 fully saturated rings. The minimum Gasteiger partial charge on any atom is -0.357 e. The second kappa shape index (κ2) is 12.8. The highest BCUT2D eigenvalue weighted by Gasteiger charge is 2.41. The highest BCUT2D eigenvalue weighted by Crippen LogP contribution is 2.49. The van der Waals surface area contributed by atoms with Crippen molar-refractivity contribution in [3.63, 3.8) is 0 Å². The van der Waals surface area contributed by atoms with Gasteiger partial charge in [-0.2, -0.15) is 0 Å². The predicted octanol–water partition coefficient (Wildman–Crippen LogP) is 12.3. The number of fused-ring (bicyclic) bond motifs is 3. The maximum Gasteiger partial charge on any atom is 0.164 e. The summed E-state index contributed by atoms with van der Waals surface area (Å²) in [4.78, 5) is 17.5. The Morgan fingerprint density at radius 2 is 0.852 bits per heavy atom. The molecule has 1 aliphatic heterocycles. The molecular formula is C49H35N5. The SMILES string of the molecule is CC1(c2ccc(-c3ccc(-c4nc(-c5ccc6ccccc6c5)nc(-c5ccc6ccccc6c5)n4)cc3)cc2)Nc2ccccc2N1c1ccccc1. The van der Waals surface area contributed by atoms with Gasteiger partial charge in [0.1, 0.15) is 5.66 Å². The summed E-state index contributed by atoms with van der Waals surface area (Å²) in [5, 5.41) is 8.48. The molecule has 0 bridgehead atoms. The van der Waals surface area contributed by atoms with E-state index >= 15 is 0 Å². The highest BCUT2D eigenvalue weighted by atomic mass is 15.4. The van der Waals surface area contributed by atoms with Gasteiger partial charge in [-0.1, -0.05) is 152 Å². The maximum absolute atomic E-state index is 5.05. The molecule has 10 rings (SSSR count). The van der Waals surface area contributed by atoms with Gasteiger partial charge in [0.15, 0.2) is 17.5 Å². The molecule has 5 heteroatoms. The van der Waals surface area contributed by atoms with E-state index in [9.17, 15) is 0 Å². The molecule has 0 radical (unpaired) electrons. The topological polar surface area (TPSA) is 53.9 Å². The smallest absolute Gasteiger partial charge is 0.164 e. The predicted molar refractivity (Wildman–Crippen MR) is 223 cm³/mol. The number of hydrogen-bond donors (Lipinski definition) is 1. The summed E-state index contributed by atoms with van der Waals surface area (Å²) in [7, 11) is 0. The average molecular weight is 694 g/mol. The van der Waals surface area contributed by atoms with Gasteiger partial charge in [-0.3, -0.25) is 0 Å². The van der Waals surface area contributed by atoms with Crippen molar-refractivity contribution >= 4 is 38.6 Å². The van der Waals surface area contributed by atoms with Crippen molar-refractivity contribution in [3.05, 3.63) is 194 Å². The van der Waals surface area contributed by atoms with Gasteiger partial charge in [0, 0.05) is 22.4 Å². The monoisotopic (exact) mass is 693 g/mol. The van der Waals surface area contributed by atoms with Crippen LogP contribution in [-0.2, 0) is 5.66 Å². The summed E-state index contributed by atoms with van der Waals surface area (Å²) in [5.41, 5.74) is 9.24. The van der Waals surface area contributed by atoms with Crippen LogP contribution in [-0.4, -0.2) is 15.0 Å². The fourth-order valence-electron chi connectivity index (χ4n) is 7.73. The van der Waals surface area contributed by atoms with Gasteiger partial charge in [0.05, 0.1) is 11.4 Å². The van der Waals surface area contributed by atoms with E-state index in [-0.39, 0.29) is 0 Å². The van der Waals surface area contributed by atoms with Crippen LogP contribution in [0.2, 0.25) is 0 Å². The van der Waals surface area contributed by atoms with Crippen molar-refractivity contribution in [2.24, 2.45) is 0 Å². The molecule has 5 nitrogen and oxygen atoms in total. The van der Waals surface area contributed by atoms with Crippen LogP contribution < -0.4 is 10.2 Å². The average Bonchev–Trinajstić information content (AvgIpc) is 3.56. The molecule has 0 amide bonds. The Balaban J connectivity index is 0.997. The van der Waals surface area contributed by atoms with E-state index in [1.54, 1.807) is 0 Å². The van der Waals surface area contributed by atoms with Gasteiger partial charge in [-0.05, 0) is 81.6 Å². The van der Waals surface area contributed by atoms with Crippen LogP contribution in [0.1, 0.15) is 12.5 Å². The lowest BCUT2D eigenvalue weighted by atomic mass is 9.96. The van der Waals surface area contributed by atoms with Gasteiger partial charge >= 0.3 is 0 Å². The number of nitrogens with one attached hydrogen (secondary N) is 1. The molecule has 1 unspecified atom stereocenters. The van der Waals surface area contributed by atoms with Crippen LogP contribution in [0.25, 0.3) is 66.8 Å². The molecule has 8 aromatic carbocycles. The van der Waals surface area contributed by atoms with Gasteiger partial charge in [0.2, 0.25) is 0 Å².